The van der Waals surface area contributed by atoms with E-state index < -0.39 is 6.43 Å². The van der Waals surface area contributed by atoms with Crippen LogP contribution in [0.3, 0.4) is 0 Å². The zero-order valence-corrected chi connectivity index (χ0v) is 15.6. The fourth-order valence-electron chi connectivity index (χ4n) is 3.07. The molecule has 0 unspecified atom stereocenters. The summed E-state index contributed by atoms with van der Waals surface area (Å²) in [6, 6.07) is 10.5. The molecule has 0 heterocycles. The molecule has 0 aliphatic heterocycles. The van der Waals surface area contributed by atoms with Crippen LogP contribution in [-0.2, 0) is 17.8 Å². The Bertz CT molecular complexity index is 813. The van der Waals surface area contributed by atoms with Gasteiger partial charge in [0.1, 0.15) is 18.1 Å². The molecular weight excluding hydrogens is 350 g/mol. The molecule has 0 spiro atoms. The van der Waals surface area contributed by atoms with Crippen molar-refractivity contribution in [3.05, 3.63) is 58.7 Å². The predicted molar refractivity (Wildman–Crippen MR) is 99.5 cm³/mol. The molecule has 144 valence electrons. The third-order valence-electron chi connectivity index (χ3n) is 4.79. The summed E-state index contributed by atoms with van der Waals surface area (Å²) in [4.78, 5) is 11.8. The molecule has 0 N–H and O–H groups in total. The van der Waals surface area contributed by atoms with E-state index in [1.54, 1.807) is 25.1 Å². The summed E-state index contributed by atoms with van der Waals surface area (Å²) in [6.07, 6.45) is 0.489. The van der Waals surface area contributed by atoms with E-state index in [1.807, 2.05) is 19.1 Å². The van der Waals surface area contributed by atoms with Crippen molar-refractivity contribution in [1.82, 2.24) is 0 Å². The summed E-state index contributed by atoms with van der Waals surface area (Å²) in [5.74, 6) is 0.710. The number of carbonyl (C=O) groups is 1. The fourth-order valence-corrected chi connectivity index (χ4v) is 3.07. The number of hydrogen-bond donors (Lipinski definition) is 0. The first-order valence-corrected chi connectivity index (χ1v) is 9.39. The number of aryl methyl sites for hydroxylation is 1. The largest absolute Gasteiger partial charge is 0.488 e. The number of benzene rings is 2. The quantitative estimate of drug-likeness (QED) is 0.422. The van der Waals surface area contributed by atoms with Crippen LogP contribution in [0.4, 0.5) is 8.78 Å². The first-order chi connectivity index (χ1) is 13.0. The summed E-state index contributed by atoms with van der Waals surface area (Å²) in [6.45, 7) is 3.74. The van der Waals surface area contributed by atoms with Gasteiger partial charge in [0.05, 0.1) is 5.56 Å². The van der Waals surface area contributed by atoms with Crippen LogP contribution in [0.5, 0.6) is 11.5 Å². The van der Waals surface area contributed by atoms with E-state index in [1.165, 1.54) is 6.07 Å². The predicted octanol–water partition coefficient (Wildman–Crippen LogP) is 5.96. The summed E-state index contributed by atoms with van der Waals surface area (Å²) in [5, 5.41) is 0. The van der Waals surface area contributed by atoms with Crippen molar-refractivity contribution < 1.29 is 23.0 Å². The van der Waals surface area contributed by atoms with Crippen LogP contribution in [0.25, 0.3) is 0 Å². The van der Waals surface area contributed by atoms with Crippen LogP contribution in [0.15, 0.2) is 36.4 Å². The van der Waals surface area contributed by atoms with Crippen LogP contribution >= 0.6 is 0 Å². The van der Waals surface area contributed by atoms with Crippen molar-refractivity contribution in [3.8, 4) is 11.5 Å². The van der Waals surface area contributed by atoms with Crippen molar-refractivity contribution in [2.45, 2.75) is 58.5 Å². The number of carbonyl (C=O) groups excluding carboxylic acids is 1. The molecule has 27 heavy (non-hydrogen) atoms. The highest BCUT2D eigenvalue weighted by molar-refractivity contribution is 5.72. The van der Waals surface area contributed by atoms with Gasteiger partial charge in [-0.05, 0) is 54.5 Å². The summed E-state index contributed by atoms with van der Waals surface area (Å²) in [5.41, 5.74) is 2.57. The molecule has 1 fully saturated rings. The van der Waals surface area contributed by atoms with Gasteiger partial charge in [0.15, 0.2) is 0 Å². The van der Waals surface area contributed by atoms with E-state index in [0.29, 0.717) is 18.1 Å². The fraction of sp³-hybridized carbons (Fsp3) is 0.409. The second-order valence-corrected chi connectivity index (χ2v) is 6.74. The van der Waals surface area contributed by atoms with Crippen LogP contribution in [0.2, 0.25) is 0 Å². The van der Waals surface area contributed by atoms with Gasteiger partial charge in [-0.3, -0.25) is 4.79 Å². The molecule has 5 heteroatoms. The maximum Gasteiger partial charge on any atom is 0.310 e. The van der Waals surface area contributed by atoms with Crippen LogP contribution in [0, 0.1) is 0 Å². The van der Waals surface area contributed by atoms with Gasteiger partial charge < -0.3 is 9.47 Å². The number of ether oxygens (including phenoxy) is 2. The van der Waals surface area contributed by atoms with E-state index >= 15 is 0 Å². The minimum absolute atomic E-state index is 0.0875. The zero-order chi connectivity index (χ0) is 19.4. The van der Waals surface area contributed by atoms with Crippen LogP contribution < -0.4 is 9.47 Å². The highest BCUT2D eigenvalue weighted by Gasteiger charge is 2.28. The Morgan fingerprint density at radius 1 is 1.15 bits per heavy atom. The number of rotatable bonds is 8. The van der Waals surface area contributed by atoms with Crippen molar-refractivity contribution in [1.29, 1.82) is 0 Å². The molecule has 1 saturated carbocycles. The summed E-state index contributed by atoms with van der Waals surface area (Å²) >= 11 is 0. The summed E-state index contributed by atoms with van der Waals surface area (Å²) < 4.78 is 38.1. The van der Waals surface area contributed by atoms with Gasteiger partial charge in [-0.15, -0.1) is 0 Å². The average molecular weight is 374 g/mol. The lowest BCUT2D eigenvalue weighted by molar-refractivity contribution is -0.134. The molecule has 2 aromatic rings. The lowest BCUT2D eigenvalue weighted by Gasteiger charge is -2.17. The maximum atomic E-state index is 13.4. The van der Waals surface area contributed by atoms with Crippen molar-refractivity contribution in [3.63, 3.8) is 0 Å². The van der Waals surface area contributed by atoms with Crippen molar-refractivity contribution in [2.24, 2.45) is 0 Å². The Hall–Kier alpha value is -2.43. The van der Waals surface area contributed by atoms with Crippen LogP contribution in [-0.4, -0.2) is 5.97 Å². The second kappa shape index (κ2) is 8.51. The minimum Gasteiger partial charge on any atom is -0.488 e. The van der Waals surface area contributed by atoms with Crippen molar-refractivity contribution in [2.75, 3.05) is 0 Å². The topological polar surface area (TPSA) is 35.5 Å². The van der Waals surface area contributed by atoms with E-state index in [4.69, 9.17) is 9.47 Å². The first kappa shape index (κ1) is 19.3. The van der Waals surface area contributed by atoms with E-state index in [0.717, 1.165) is 29.5 Å². The second-order valence-electron chi connectivity index (χ2n) is 6.74. The van der Waals surface area contributed by atoms with Crippen LogP contribution in [0.1, 0.15) is 67.7 Å². The number of hydrogen-bond acceptors (Lipinski definition) is 3. The molecular formula is C22H24F2O3. The molecule has 3 nitrogen and oxygen atoms in total. The summed E-state index contributed by atoms with van der Waals surface area (Å²) in [7, 11) is 0. The van der Waals surface area contributed by atoms with Gasteiger partial charge in [-0.1, -0.05) is 32.0 Å². The molecule has 0 radical (unpaired) electrons. The maximum absolute atomic E-state index is 13.4. The zero-order valence-electron chi connectivity index (χ0n) is 15.6. The lowest BCUT2D eigenvalue weighted by atomic mass is 10.0. The van der Waals surface area contributed by atoms with E-state index in [-0.39, 0.29) is 30.3 Å². The molecule has 0 saturated heterocycles. The highest BCUT2D eigenvalue weighted by Crippen LogP contribution is 2.44. The Kier molecular flexibility index (Phi) is 6.09. The van der Waals surface area contributed by atoms with Crippen molar-refractivity contribution >= 4 is 5.97 Å². The molecule has 3 rings (SSSR count). The van der Waals surface area contributed by atoms with Gasteiger partial charge in [0.25, 0.3) is 6.43 Å². The van der Waals surface area contributed by atoms with Gasteiger partial charge >= 0.3 is 5.97 Å². The third kappa shape index (κ3) is 4.65. The SMILES string of the molecule is CCC(=O)Oc1cccc(C2CC2)c1COc1ccc(CC)cc1C(F)F. The van der Waals surface area contributed by atoms with Gasteiger partial charge in [0, 0.05) is 12.0 Å². The highest BCUT2D eigenvalue weighted by atomic mass is 19.3. The van der Waals surface area contributed by atoms with E-state index in [2.05, 4.69) is 0 Å². The Morgan fingerprint density at radius 3 is 2.56 bits per heavy atom. The smallest absolute Gasteiger partial charge is 0.310 e. The number of halogens is 2. The van der Waals surface area contributed by atoms with E-state index in [9.17, 15) is 13.6 Å². The molecule has 0 atom stereocenters. The molecule has 0 amide bonds. The minimum atomic E-state index is -2.61. The average Bonchev–Trinajstić information content (AvgIpc) is 3.51. The lowest BCUT2D eigenvalue weighted by Crippen LogP contribution is -2.10. The molecule has 2 aromatic carbocycles. The van der Waals surface area contributed by atoms with Gasteiger partial charge in [0.2, 0.25) is 0 Å². The monoisotopic (exact) mass is 374 g/mol. The standard InChI is InChI=1S/C22H24F2O3/c1-3-14-8-11-19(17(12-14)22(23)24)26-13-18-16(15-9-10-15)6-5-7-20(18)27-21(25)4-2/h5-8,11-12,15,22H,3-4,9-10,13H2,1-2H3. The number of alkyl halides is 2. The van der Waals surface area contributed by atoms with Gasteiger partial charge in [-0.25, -0.2) is 8.78 Å². The number of esters is 1. The normalized spacial score (nSPS) is 13.7. The Labute approximate surface area is 158 Å². The molecule has 0 aromatic heterocycles. The Morgan fingerprint density at radius 2 is 1.93 bits per heavy atom. The third-order valence-corrected chi connectivity index (χ3v) is 4.79. The van der Waals surface area contributed by atoms with Gasteiger partial charge in [-0.2, -0.15) is 0 Å². The Balaban J connectivity index is 1.88. The molecule has 1 aliphatic carbocycles. The molecule has 0 bridgehead atoms. The molecule has 1 aliphatic rings. The first-order valence-electron chi connectivity index (χ1n) is 9.39.